The summed E-state index contributed by atoms with van der Waals surface area (Å²) in [7, 11) is 2.12. The van der Waals surface area contributed by atoms with Gasteiger partial charge in [-0.15, -0.1) is 0 Å². The minimum absolute atomic E-state index is 0.287. The third kappa shape index (κ3) is 5.34. The number of carbonyl (C=O) groups is 1. The number of hydrogen-bond donors (Lipinski definition) is 2. The third-order valence-corrected chi connectivity index (χ3v) is 7.32. The van der Waals surface area contributed by atoms with Crippen molar-refractivity contribution < 1.29 is 9.53 Å². The van der Waals surface area contributed by atoms with Crippen LogP contribution in [-0.4, -0.2) is 59.2 Å². The summed E-state index contributed by atoms with van der Waals surface area (Å²) in [4.78, 5) is 21.0. The van der Waals surface area contributed by atoms with E-state index in [1.807, 2.05) is 37.3 Å². The van der Waals surface area contributed by atoms with Gasteiger partial charge in [0.2, 0.25) is 5.91 Å². The summed E-state index contributed by atoms with van der Waals surface area (Å²) < 4.78 is 6.22. The van der Waals surface area contributed by atoms with E-state index >= 15 is 0 Å². The van der Waals surface area contributed by atoms with E-state index in [0.717, 1.165) is 48.3 Å². The number of aromatic amines is 1. The molecule has 2 aromatic heterocycles. The predicted molar refractivity (Wildman–Crippen MR) is 153 cm³/mol. The molecule has 1 aliphatic rings. The van der Waals surface area contributed by atoms with Crippen molar-refractivity contribution in [3.05, 3.63) is 77.1 Å². The van der Waals surface area contributed by atoms with Crippen LogP contribution in [0.1, 0.15) is 18.6 Å². The number of halogens is 2. The van der Waals surface area contributed by atoms with Crippen LogP contribution in [0.15, 0.2) is 61.4 Å². The van der Waals surface area contributed by atoms with Crippen molar-refractivity contribution in [2.45, 2.75) is 13.0 Å². The number of nitrogens with one attached hydrogen (secondary N) is 2. The van der Waals surface area contributed by atoms with Gasteiger partial charge in [0.1, 0.15) is 17.5 Å². The molecule has 0 radical (unpaired) electrons. The van der Waals surface area contributed by atoms with Crippen molar-refractivity contribution in [2.24, 2.45) is 0 Å². The summed E-state index contributed by atoms with van der Waals surface area (Å²) in [6.45, 7) is 9.29. The van der Waals surface area contributed by atoms with Crippen molar-refractivity contribution in [1.82, 2.24) is 20.1 Å². The van der Waals surface area contributed by atoms with Crippen LogP contribution in [0, 0.1) is 0 Å². The molecule has 196 valence electrons. The van der Waals surface area contributed by atoms with Gasteiger partial charge in [-0.05, 0) is 56.4 Å². The van der Waals surface area contributed by atoms with Gasteiger partial charge in [0.05, 0.1) is 21.2 Å². The molecular formula is C28H28Cl2N6O2. The van der Waals surface area contributed by atoms with E-state index in [-0.39, 0.29) is 5.91 Å². The fourth-order valence-corrected chi connectivity index (χ4v) is 5.30. The number of aromatic nitrogens is 3. The molecule has 0 saturated carbocycles. The average molecular weight is 551 g/mol. The number of rotatable bonds is 7. The minimum atomic E-state index is -0.406. The Labute approximate surface area is 231 Å². The zero-order chi connectivity index (χ0) is 26.8. The molecule has 4 aromatic rings. The molecule has 1 atom stereocenters. The summed E-state index contributed by atoms with van der Waals surface area (Å²) in [5.41, 5.74) is 4.70. The molecule has 8 nitrogen and oxygen atoms in total. The lowest BCUT2D eigenvalue weighted by Gasteiger charge is -2.34. The Morgan fingerprint density at radius 3 is 2.58 bits per heavy atom. The van der Waals surface area contributed by atoms with Crippen molar-refractivity contribution >= 4 is 51.4 Å². The molecular weight excluding hydrogens is 523 g/mol. The van der Waals surface area contributed by atoms with Crippen molar-refractivity contribution in [3.8, 4) is 17.0 Å². The quantitative estimate of drug-likeness (QED) is 0.276. The van der Waals surface area contributed by atoms with Gasteiger partial charge >= 0.3 is 0 Å². The molecule has 0 unspecified atom stereocenters. The molecule has 1 saturated heterocycles. The number of nitrogens with zero attached hydrogens (tertiary/aromatic N) is 4. The smallest absolute Gasteiger partial charge is 0.247 e. The number of fused-ring (bicyclic) bond motifs is 1. The molecule has 10 heteroatoms. The number of amides is 1. The van der Waals surface area contributed by atoms with Crippen LogP contribution >= 0.6 is 23.2 Å². The molecule has 1 amide bonds. The molecule has 3 heterocycles. The fraction of sp³-hybridized carbons (Fsp3) is 0.250. The second-order valence-corrected chi connectivity index (χ2v) is 10.1. The van der Waals surface area contributed by atoms with Crippen LogP contribution < -0.4 is 15.0 Å². The normalized spacial score (nSPS) is 14.9. The van der Waals surface area contributed by atoms with Crippen LogP contribution in [-0.2, 0) is 4.79 Å². The number of pyridine rings is 1. The first-order chi connectivity index (χ1) is 18.3. The Morgan fingerprint density at radius 1 is 1.13 bits per heavy atom. The Bertz CT molecular complexity index is 1480. The number of piperazine rings is 1. The number of likely N-dealkylation sites (N-methyl/N-ethyl adjacent to an activating group) is 1. The topological polar surface area (TPSA) is 86.4 Å². The maximum atomic E-state index is 12.3. The van der Waals surface area contributed by atoms with Crippen LogP contribution in [0.4, 0.5) is 11.4 Å². The summed E-state index contributed by atoms with van der Waals surface area (Å²) in [6.07, 6.45) is 3.95. The maximum absolute atomic E-state index is 12.3. The van der Waals surface area contributed by atoms with Crippen molar-refractivity contribution in [1.29, 1.82) is 0 Å². The van der Waals surface area contributed by atoms with Gasteiger partial charge in [-0.3, -0.25) is 14.9 Å². The Hall–Kier alpha value is -3.59. The number of ether oxygens (including phenoxy) is 1. The van der Waals surface area contributed by atoms with Gasteiger partial charge in [-0.25, -0.2) is 0 Å². The van der Waals surface area contributed by atoms with E-state index in [9.17, 15) is 4.79 Å². The largest absolute Gasteiger partial charge is 0.486 e. The summed E-state index contributed by atoms with van der Waals surface area (Å²) >= 11 is 12.7. The Morgan fingerprint density at radius 2 is 1.87 bits per heavy atom. The summed E-state index contributed by atoms with van der Waals surface area (Å²) in [6, 6.07) is 11.7. The van der Waals surface area contributed by atoms with E-state index in [1.165, 1.54) is 6.08 Å². The monoisotopic (exact) mass is 550 g/mol. The van der Waals surface area contributed by atoms with E-state index in [2.05, 4.69) is 50.0 Å². The van der Waals surface area contributed by atoms with Gasteiger partial charge in [-0.1, -0.05) is 29.8 Å². The first kappa shape index (κ1) is 26.0. The van der Waals surface area contributed by atoms with Crippen LogP contribution in [0.5, 0.6) is 5.75 Å². The van der Waals surface area contributed by atoms with Gasteiger partial charge in [0.15, 0.2) is 0 Å². The molecule has 5 rings (SSSR count). The standard InChI is InChI=1S/C28H28Cl2N6O2/c1-4-26(37)32-25-13-18(36-11-9-35(3)10-12-36)5-7-20(25)28-21-14-19(6-8-24(21)33-34-28)38-17(2)27-22(29)15-31-16-23(27)30/h4-8,13-17H,1,9-12H2,2-3H3,(H,32,37)(H,33,34)/t17-/m1/s1. The first-order valence-electron chi connectivity index (χ1n) is 12.3. The van der Waals surface area contributed by atoms with Gasteiger partial charge in [0, 0.05) is 60.8 Å². The molecule has 1 fully saturated rings. The lowest BCUT2D eigenvalue weighted by molar-refractivity contribution is -0.111. The molecule has 38 heavy (non-hydrogen) atoms. The number of anilines is 2. The van der Waals surface area contributed by atoms with Gasteiger partial charge in [-0.2, -0.15) is 5.10 Å². The molecule has 1 aliphatic heterocycles. The zero-order valence-corrected chi connectivity index (χ0v) is 22.7. The van der Waals surface area contributed by atoms with Gasteiger partial charge in [0.25, 0.3) is 0 Å². The lowest BCUT2D eigenvalue weighted by atomic mass is 10.0. The molecule has 2 aromatic carbocycles. The Balaban J connectivity index is 1.50. The van der Waals surface area contributed by atoms with E-state index in [4.69, 9.17) is 27.9 Å². The number of H-pyrrole nitrogens is 1. The minimum Gasteiger partial charge on any atom is -0.486 e. The Kier molecular flexibility index (Phi) is 7.56. The predicted octanol–water partition coefficient (Wildman–Crippen LogP) is 5.95. The average Bonchev–Trinajstić information content (AvgIpc) is 3.32. The number of hydrogen-bond acceptors (Lipinski definition) is 6. The highest BCUT2D eigenvalue weighted by molar-refractivity contribution is 6.35. The second-order valence-electron chi connectivity index (χ2n) is 9.27. The molecule has 2 N–H and O–H groups in total. The third-order valence-electron chi connectivity index (χ3n) is 6.71. The summed E-state index contributed by atoms with van der Waals surface area (Å²) in [5.74, 6) is 0.341. The van der Waals surface area contributed by atoms with Crippen molar-refractivity contribution in [3.63, 3.8) is 0 Å². The first-order valence-corrected chi connectivity index (χ1v) is 13.0. The molecule has 0 bridgehead atoms. The van der Waals surface area contributed by atoms with E-state index in [0.29, 0.717) is 32.7 Å². The highest BCUT2D eigenvalue weighted by Crippen LogP contribution is 2.38. The van der Waals surface area contributed by atoms with E-state index in [1.54, 1.807) is 12.4 Å². The molecule has 0 spiro atoms. The number of benzene rings is 2. The van der Waals surface area contributed by atoms with E-state index < -0.39 is 6.10 Å². The second kappa shape index (κ2) is 11.0. The van der Waals surface area contributed by atoms with Crippen LogP contribution in [0.2, 0.25) is 10.0 Å². The lowest BCUT2D eigenvalue weighted by Crippen LogP contribution is -2.44. The van der Waals surface area contributed by atoms with Crippen LogP contribution in [0.25, 0.3) is 22.2 Å². The van der Waals surface area contributed by atoms with Crippen molar-refractivity contribution in [2.75, 3.05) is 43.4 Å². The molecule has 0 aliphatic carbocycles. The summed E-state index contributed by atoms with van der Waals surface area (Å²) in [5, 5.41) is 12.4. The van der Waals surface area contributed by atoms with Crippen LogP contribution in [0.3, 0.4) is 0 Å². The fourth-order valence-electron chi connectivity index (χ4n) is 4.63. The number of carbonyl (C=O) groups excluding carboxylic acids is 1. The van der Waals surface area contributed by atoms with Gasteiger partial charge < -0.3 is 19.9 Å². The highest BCUT2D eigenvalue weighted by Gasteiger charge is 2.20. The SMILES string of the molecule is C=CC(=O)Nc1cc(N2CCN(C)CC2)ccc1-c1n[nH]c2ccc(O[C@H](C)c3c(Cl)cncc3Cl)cc12. The zero-order valence-electron chi connectivity index (χ0n) is 21.2. The maximum Gasteiger partial charge on any atom is 0.247 e. The highest BCUT2D eigenvalue weighted by atomic mass is 35.5.